The third kappa shape index (κ3) is 2.74. The Morgan fingerprint density at radius 3 is 3.14 bits per heavy atom. The minimum absolute atomic E-state index is 0.0500. The molecule has 0 saturated carbocycles. The number of benzene rings is 1. The lowest BCUT2D eigenvalue weighted by Gasteiger charge is -2.17. The van der Waals surface area contributed by atoms with Crippen LogP contribution in [-0.4, -0.2) is 42.5 Å². The molecule has 1 unspecified atom stereocenters. The van der Waals surface area contributed by atoms with E-state index in [2.05, 4.69) is 10.3 Å². The summed E-state index contributed by atoms with van der Waals surface area (Å²) < 4.78 is 0. The van der Waals surface area contributed by atoms with Gasteiger partial charge in [-0.1, -0.05) is 11.6 Å². The van der Waals surface area contributed by atoms with E-state index in [9.17, 15) is 4.79 Å². The maximum Gasteiger partial charge on any atom is 0.256 e. The zero-order chi connectivity index (χ0) is 14.8. The van der Waals surface area contributed by atoms with Crippen molar-refractivity contribution in [2.75, 3.05) is 26.7 Å². The van der Waals surface area contributed by atoms with Crippen LogP contribution < -0.4 is 5.32 Å². The maximum absolute atomic E-state index is 12.7. The second kappa shape index (κ2) is 6.00. The van der Waals surface area contributed by atoms with E-state index in [-0.39, 0.29) is 5.91 Å². The van der Waals surface area contributed by atoms with E-state index in [1.807, 2.05) is 24.1 Å². The van der Waals surface area contributed by atoms with Crippen molar-refractivity contribution in [2.24, 2.45) is 5.92 Å². The summed E-state index contributed by atoms with van der Waals surface area (Å²) in [6, 6.07) is 7.29. The Morgan fingerprint density at radius 2 is 2.33 bits per heavy atom. The molecular weight excluding hydrogens is 286 g/mol. The van der Waals surface area contributed by atoms with E-state index in [1.54, 1.807) is 18.3 Å². The fraction of sp³-hybridized carbons (Fsp3) is 0.375. The third-order valence-electron chi connectivity index (χ3n) is 4.01. The number of hydrogen-bond donors (Lipinski definition) is 1. The van der Waals surface area contributed by atoms with E-state index in [1.165, 1.54) is 0 Å². The fourth-order valence-electron chi connectivity index (χ4n) is 2.95. The molecule has 1 amide bonds. The quantitative estimate of drug-likeness (QED) is 0.948. The molecule has 2 heterocycles. The van der Waals surface area contributed by atoms with Crippen molar-refractivity contribution in [3.8, 4) is 0 Å². The number of hydrogen-bond acceptors (Lipinski definition) is 3. The van der Waals surface area contributed by atoms with E-state index >= 15 is 0 Å². The van der Waals surface area contributed by atoms with Crippen molar-refractivity contribution in [1.82, 2.24) is 15.2 Å². The van der Waals surface area contributed by atoms with Gasteiger partial charge in [0.15, 0.2) is 0 Å². The zero-order valence-corrected chi connectivity index (χ0v) is 12.7. The fourth-order valence-corrected chi connectivity index (χ4v) is 3.17. The van der Waals surface area contributed by atoms with Crippen molar-refractivity contribution in [3.63, 3.8) is 0 Å². The number of aromatic nitrogens is 1. The van der Waals surface area contributed by atoms with Crippen molar-refractivity contribution >= 4 is 28.4 Å². The molecule has 1 N–H and O–H groups in total. The third-order valence-corrected chi connectivity index (χ3v) is 4.34. The molecule has 2 aromatic rings. The molecule has 0 bridgehead atoms. The summed E-state index contributed by atoms with van der Waals surface area (Å²) in [7, 11) is 1.95. The second-order valence-electron chi connectivity index (χ2n) is 5.46. The SMILES string of the molecule is CNCC1CCN(C(=O)c2ccc(Cl)c3cccnc23)C1. The van der Waals surface area contributed by atoms with Crippen LogP contribution in [0.5, 0.6) is 0 Å². The second-order valence-corrected chi connectivity index (χ2v) is 5.87. The smallest absolute Gasteiger partial charge is 0.256 e. The Kier molecular flexibility index (Phi) is 4.08. The summed E-state index contributed by atoms with van der Waals surface area (Å²) in [6.07, 6.45) is 2.74. The number of nitrogens with one attached hydrogen (secondary N) is 1. The van der Waals surface area contributed by atoms with Gasteiger partial charge in [0.05, 0.1) is 16.1 Å². The van der Waals surface area contributed by atoms with Gasteiger partial charge >= 0.3 is 0 Å². The normalized spacial score (nSPS) is 18.4. The predicted molar refractivity (Wildman–Crippen MR) is 84.7 cm³/mol. The highest BCUT2D eigenvalue weighted by molar-refractivity contribution is 6.36. The zero-order valence-electron chi connectivity index (χ0n) is 12.0. The monoisotopic (exact) mass is 303 g/mol. The molecule has 1 aromatic heterocycles. The average molecular weight is 304 g/mol. The Labute approximate surface area is 129 Å². The van der Waals surface area contributed by atoms with Gasteiger partial charge in [0.1, 0.15) is 0 Å². The van der Waals surface area contributed by atoms with Crippen LogP contribution in [0.2, 0.25) is 5.02 Å². The molecule has 1 saturated heterocycles. The van der Waals surface area contributed by atoms with Gasteiger partial charge in [-0.15, -0.1) is 0 Å². The number of nitrogens with zero attached hydrogens (tertiary/aromatic N) is 2. The maximum atomic E-state index is 12.7. The van der Waals surface area contributed by atoms with E-state index in [0.29, 0.717) is 22.0 Å². The van der Waals surface area contributed by atoms with Crippen LogP contribution >= 0.6 is 11.6 Å². The minimum Gasteiger partial charge on any atom is -0.338 e. The molecule has 0 radical (unpaired) electrons. The van der Waals surface area contributed by atoms with Gasteiger partial charge in [0.2, 0.25) is 0 Å². The Hall–Kier alpha value is -1.65. The molecule has 0 spiro atoms. The lowest BCUT2D eigenvalue weighted by atomic mass is 10.1. The summed E-state index contributed by atoms with van der Waals surface area (Å²) >= 11 is 6.18. The van der Waals surface area contributed by atoms with Crippen LogP contribution in [0.15, 0.2) is 30.5 Å². The average Bonchev–Trinajstić information content (AvgIpc) is 2.96. The number of rotatable bonds is 3. The molecular formula is C16H18ClN3O. The Morgan fingerprint density at radius 1 is 1.48 bits per heavy atom. The van der Waals surface area contributed by atoms with Gasteiger partial charge in [-0.2, -0.15) is 0 Å². The highest BCUT2D eigenvalue weighted by Crippen LogP contribution is 2.27. The van der Waals surface area contributed by atoms with Crippen molar-refractivity contribution in [3.05, 3.63) is 41.0 Å². The van der Waals surface area contributed by atoms with Gasteiger partial charge in [-0.25, -0.2) is 0 Å². The first-order valence-electron chi connectivity index (χ1n) is 7.18. The molecule has 5 heteroatoms. The van der Waals surface area contributed by atoms with Gasteiger partial charge in [-0.3, -0.25) is 9.78 Å². The number of carbonyl (C=O) groups excluding carboxylic acids is 1. The van der Waals surface area contributed by atoms with Crippen LogP contribution in [0.25, 0.3) is 10.9 Å². The number of pyridine rings is 1. The van der Waals surface area contributed by atoms with Crippen LogP contribution in [0.1, 0.15) is 16.8 Å². The molecule has 1 aromatic carbocycles. The lowest BCUT2D eigenvalue weighted by Crippen LogP contribution is -2.30. The van der Waals surface area contributed by atoms with Crippen molar-refractivity contribution < 1.29 is 4.79 Å². The molecule has 0 aliphatic carbocycles. The standard InChI is InChI=1S/C16H18ClN3O/c1-18-9-11-6-8-20(10-11)16(21)13-4-5-14(17)12-3-2-7-19-15(12)13/h2-5,7,11,18H,6,8-10H2,1H3. The largest absolute Gasteiger partial charge is 0.338 e. The number of fused-ring (bicyclic) bond motifs is 1. The summed E-state index contributed by atoms with van der Waals surface area (Å²) in [4.78, 5) is 19.0. The predicted octanol–water partition coefficient (Wildman–Crippen LogP) is 2.57. The first-order chi connectivity index (χ1) is 10.2. The van der Waals surface area contributed by atoms with Crippen molar-refractivity contribution in [2.45, 2.75) is 6.42 Å². The first kappa shape index (κ1) is 14.3. The minimum atomic E-state index is 0.0500. The van der Waals surface area contributed by atoms with Gasteiger partial charge in [-0.05, 0) is 50.2 Å². The Balaban J connectivity index is 1.91. The van der Waals surface area contributed by atoms with Crippen LogP contribution in [-0.2, 0) is 0 Å². The van der Waals surface area contributed by atoms with Gasteiger partial charge < -0.3 is 10.2 Å². The molecule has 21 heavy (non-hydrogen) atoms. The topological polar surface area (TPSA) is 45.2 Å². The summed E-state index contributed by atoms with van der Waals surface area (Å²) in [5, 5.41) is 4.64. The number of carbonyl (C=O) groups is 1. The molecule has 1 aliphatic rings. The molecule has 4 nitrogen and oxygen atoms in total. The number of likely N-dealkylation sites (tertiary alicyclic amines) is 1. The summed E-state index contributed by atoms with van der Waals surface area (Å²) in [5.41, 5.74) is 1.33. The summed E-state index contributed by atoms with van der Waals surface area (Å²) in [6.45, 7) is 2.56. The number of amides is 1. The Bertz CT molecular complexity index is 674. The molecule has 1 fully saturated rings. The van der Waals surface area contributed by atoms with Crippen LogP contribution in [0.3, 0.4) is 0 Å². The van der Waals surface area contributed by atoms with E-state index in [0.717, 1.165) is 31.4 Å². The highest BCUT2D eigenvalue weighted by atomic mass is 35.5. The number of halogens is 1. The molecule has 110 valence electrons. The van der Waals surface area contributed by atoms with Crippen molar-refractivity contribution in [1.29, 1.82) is 0 Å². The van der Waals surface area contributed by atoms with E-state index in [4.69, 9.17) is 11.6 Å². The van der Waals surface area contributed by atoms with Gasteiger partial charge in [0.25, 0.3) is 5.91 Å². The molecule has 3 rings (SSSR count). The summed E-state index contributed by atoms with van der Waals surface area (Å²) in [5.74, 6) is 0.583. The lowest BCUT2D eigenvalue weighted by molar-refractivity contribution is 0.0789. The van der Waals surface area contributed by atoms with Crippen LogP contribution in [0.4, 0.5) is 0 Å². The van der Waals surface area contributed by atoms with Crippen LogP contribution in [0, 0.1) is 5.92 Å². The van der Waals surface area contributed by atoms with E-state index < -0.39 is 0 Å². The molecule has 1 atom stereocenters. The first-order valence-corrected chi connectivity index (χ1v) is 7.55. The molecule has 1 aliphatic heterocycles. The van der Waals surface area contributed by atoms with Gasteiger partial charge in [0, 0.05) is 24.7 Å². The highest BCUT2D eigenvalue weighted by Gasteiger charge is 2.27.